The van der Waals surface area contributed by atoms with E-state index in [1.807, 2.05) is 0 Å². The third-order valence-electron chi connectivity index (χ3n) is 3.15. The summed E-state index contributed by atoms with van der Waals surface area (Å²) in [4.78, 5) is 11.5. The molecule has 21 heavy (non-hydrogen) atoms. The molecule has 1 aliphatic rings. The largest absolute Gasteiger partial charge is 0.326 e. The lowest BCUT2D eigenvalue weighted by molar-refractivity contribution is -0.115. The molecule has 0 saturated carbocycles. The molecule has 0 aromatic heterocycles. The molecule has 1 amide bonds. The highest BCUT2D eigenvalue weighted by Gasteiger charge is 2.22. The predicted molar refractivity (Wildman–Crippen MR) is 84.2 cm³/mol. The summed E-state index contributed by atoms with van der Waals surface area (Å²) in [6.45, 7) is 3.24. The van der Waals surface area contributed by atoms with Crippen molar-refractivity contribution in [1.29, 1.82) is 0 Å². The third-order valence-corrected chi connectivity index (χ3v) is 4.69. The molecule has 0 aliphatic carbocycles. The van der Waals surface area contributed by atoms with Crippen LogP contribution in [0.5, 0.6) is 0 Å². The molecule has 1 aromatic carbocycles. The summed E-state index contributed by atoms with van der Waals surface area (Å²) in [6, 6.07) is 6.12. The number of hydrogen-bond donors (Lipinski definition) is 3. The molecule has 1 fully saturated rings. The summed E-state index contributed by atoms with van der Waals surface area (Å²) in [6.07, 6.45) is 1.18. The lowest BCUT2D eigenvalue weighted by Crippen LogP contribution is -2.36. The Morgan fingerprint density at radius 3 is 2.52 bits per heavy atom. The first kappa shape index (κ1) is 17.9. The molecule has 1 saturated heterocycles. The number of carbonyl (C=O) groups excluding carboxylic acids is 1. The van der Waals surface area contributed by atoms with Gasteiger partial charge in [0.1, 0.15) is 0 Å². The van der Waals surface area contributed by atoms with Crippen LogP contribution in [0.2, 0.25) is 0 Å². The lowest BCUT2D eigenvalue weighted by atomic mass is 10.3. The topological polar surface area (TPSA) is 87.3 Å². The van der Waals surface area contributed by atoms with Crippen molar-refractivity contribution in [3.63, 3.8) is 0 Å². The average Bonchev–Trinajstić information content (AvgIpc) is 2.91. The number of nitrogens with one attached hydrogen (secondary N) is 3. The quantitative estimate of drug-likeness (QED) is 0.753. The van der Waals surface area contributed by atoms with Gasteiger partial charge in [-0.05, 0) is 37.2 Å². The van der Waals surface area contributed by atoms with Crippen molar-refractivity contribution < 1.29 is 13.2 Å². The number of amides is 1. The number of sulfonamides is 1. The van der Waals surface area contributed by atoms with Crippen molar-refractivity contribution in [2.24, 2.45) is 0 Å². The van der Waals surface area contributed by atoms with E-state index in [2.05, 4.69) is 15.4 Å². The van der Waals surface area contributed by atoms with Crippen molar-refractivity contribution in [3.8, 4) is 0 Å². The SMILES string of the molecule is CCC(=O)Nc1ccc(S(=O)(=O)NC2CCNC2)cc1.Cl. The van der Waals surface area contributed by atoms with E-state index in [0.29, 0.717) is 18.7 Å². The summed E-state index contributed by atoms with van der Waals surface area (Å²) < 4.78 is 27.0. The van der Waals surface area contributed by atoms with Gasteiger partial charge in [-0.3, -0.25) is 4.79 Å². The molecular formula is C13H20ClN3O3S. The van der Waals surface area contributed by atoms with Crippen LogP contribution in [0.25, 0.3) is 0 Å². The minimum Gasteiger partial charge on any atom is -0.326 e. The molecule has 118 valence electrons. The molecule has 2 rings (SSSR count). The fourth-order valence-electron chi connectivity index (χ4n) is 2.01. The van der Waals surface area contributed by atoms with Gasteiger partial charge in [-0.1, -0.05) is 6.92 Å². The van der Waals surface area contributed by atoms with Crippen LogP contribution in [0.3, 0.4) is 0 Å². The number of halogens is 1. The molecule has 1 atom stereocenters. The van der Waals surface area contributed by atoms with E-state index < -0.39 is 10.0 Å². The van der Waals surface area contributed by atoms with Gasteiger partial charge >= 0.3 is 0 Å². The first-order valence-electron chi connectivity index (χ1n) is 6.64. The van der Waals surface area contributed by atoms with Crippen molar-refractivity contribution in [3.05, 3.63) is 24.3 Å². The van der Waals surface area contributed by atoms with Gasteiger partial charge in [0, 0.05) is 24.7 Å². The molecule has 1 heterocycles. The maximum absolute atomic E-state index is 12.2. The number of rotatable bonds is 5. The molecular weight excluding hydrogens is 314 g/mol. The zero-order valence-electron chi connectivity index (χ0n) is 11.8. The maximum Gasteiger partial charge on any atom is 0.240 e. The van der Waals surface area contributed by atoms with Crippen LogP contribution in [0.1, 0.15) is 19.8 Å². The Morgan fingerprint density at radius 1 is 1.33 bits per heavy atom. The van der Waals surface area contributed by atoms with Crippen molar-refractivity contribution >= 4 is 34.0 Å². The van der Waals surface area contributed by atoms with Gasteiger partial charge in [0.25, 0.3) is 0 Å². The van der Waals surface area contributed by atoms with E-state index in [-0.39, 0.29) is 29.3 Å². The summed E-state index contributed by atoms with van der Waals surface area (Å²) in [5.41, 5.74) is 0.596. The fourth-order valence-corrected chi connectivity index (χ4v) is 3.28. The molecule has 6 nitrogen and oxygen atoms in total. The van der Waals surface area contributed by atoms with Gasteiger partial charge < -0.3 is 10.6 Å². The minimum atomic E-state index is -3.50. The van der Waals surface area contributed by atoms with E-state index in [9.17, 15) is 13.2 Å². The molecule has 0 bridgehead atoms. The number of hydrogen-bond acceptors (Lipinski definition) is 4. The molecule has 0 radical (unpaired) electrons. The predicted octanol–water partition coefficient (Wildman–Crippen LogP) is 1.10. The molecule has 3 N–H and O–H groups in total. The number of benzene rings is 1. The second kappa shape index (κ2) is 7.74. The van der Waals surface area contributed by atoms with Gasteiger partial charge in [-0.15, -0.1) is 12.4 Å². The van der Waals surface area contributed by atoms with Crippen LogP contribution in [0, 0.1) is 0 Å². The fraction of sp³-hybridized carbons (Fsp3) is 0.462. The summed E-state index contributed by atoms with van der Waals surface area (Å²) in [7, 11) is -3.50. The van der Waals surface area contributed by atoms with E-state index in [1.165, 1.54) is 12.1 Å². The summed E-state index contributed by atoms with van der Waals surface area (Å²) in [5.74, 6) is -0.101. The smallest absolute Gasteiger partial charge is 0.240 e. The van der Waals surface area contributed by atoms with Crippen LogP contribution in [0.4, 0.5) is 5.69 Å². The maximum atomic E-state index is 12.2. The van der Waals surface area contributed by atoms with Gasteiger partial charge in [0.15, 0.2) is 0 Å². The Kier molecular flexibility index (Phi) is 6.60. The molecule has 1 unspecified atom stereocenters. The third kappa shape index (κ3) is 4.96. The highest BCUT2D eigenvalue weighted by Crippen LogP contribution is 2.15. The van der Waals surface area contributed by atoms with Crippen molar-refractivity contribution in [1.82, 2.24) is 10.0 Å². The van der Waals surface area contributed by atoms with Crippen LogP contribution in [-0.4, -0.2) is 33.5 Å². The van der Waals surface area contributed by atoms with Crippen LogP contribution < -0.4 is 15.4 Å². The van der Waals surface area contributed by atoms with E-state index in [0.717, 1.165) is 13.0 Å². The van der Waals surface area contributed by atoms with Gasteiger partial charge in [0.2, 0.25) is 15.9 Å². The number of anilines is 1. The molecule has 1 aliphatic heterocycles. The first-order chi connectivity index (χ1) is 9.51. The molecule has 1 aromatic rings. The normalized spacial score (nSPS) is 18.0. The van der Waals surface area contributed by atoms with Crippen molar-refractivity contribution in [2.75, 3.05) is 18.4 Å². The Bertz CT molecular complexity index is 569. The summed E-state index contributed by atoms with van der Waals surface area (Å²) >= 11 is 0. The highest BCUT2D eigenvalue weighted by atomic mass is 35.5. The zero-order valence-corrected chi connectivity index (χ0v) is 13.4. The van der Waals surface area contributed by atoms with Gasteiger partial charge in [-0.25, -0.2) is 13.1 Å². The first-order valence-corrected chi connectivity index (χ1v) is 8.12. The molecule has 0 spiro atoms. The lowest BCUT2D eigenvalue weighted by Gasteiger charge is -2.12. The monoisotopic (exact) mass is 333 g/mol. The molecule has 8 heteroatoms. The standard InChI is InChI=1S/C13H19N3O3S.ClH/c1-2-13(17)15-10-3-5-12(6-4-10)20(18,19)16-11-7-8-14-9-11;/h3-6,11,14,16H,2,7-9H2,1H3,(H,15,17);1H. The zero-order chi connectivity index (χ0) is 14.6. The van der Waals surface area contributed by atoms with E-state index >= 15 is 0 Å². The second-order valence-corrected chi connectivity index (χ2v) is 6.45. The highest BCUT2D eigenvalue weighted by molar-refractivity contribution is 7.89. The van der Waals surface area contributed by atoms with Crippen LogP contribution in [-0.2, 0) is 14.8 Å². The summed E-state index contributed by atoms with van der Waals surface area (Å²) in [5, 5.41) is 5.79. The van der Waals surface area contributed by atoms with Gasteiger partial charge in [-0.2, -0.15) is 0 Å². The van der Waals surface area contributed by atoms with Gasteiger partial charge in [0.05, 0.1) is 4.90 Å². The Labute approximate surface area is 131 Å². The number of carbonyl (C=O) groups is 1. The van der Waals surface area contributed by atoms with E-state index in [4.69, 9.17) is 0 Å². The minimum absolute atomic E-state index is 0. The second-order valence-electron chi connectivity index (χ2n) is 4.74. The Morgan fingerprint density at radius 2 is 2.00 bits per heavy atom. The Balaban J connectivity index is 0.00000220. The van der Waals surface area contributed by atoms with Crippen molar-refractivity contribution in [2.45, 2.75) is 30.7 Å². The van der Waals surface area contributed by atoms with Crippen LogP contribution >= 0.6 is 12.4 Å². The average molecular weight is 334 g/mol. The van der Waals surface area contributed by atoms with Crippen LogP contribution in [0.15, 0.2) is 29.2 Å². The Hall–Kier alpha value is -1.15. The van der Waals surface area contributed by atoms with E-state index in [1.54, 1.807) is 19.1 Å².